The zero-order chi connectivity index (χ0) is 12.8. The molecule has 0 unspecified atom stereocenters. The molecule has 18 heavy (non-hydrogen) atoms. The number of hydrogen-bond acceptors (Lipinski definition) is 2. The standard InChI is InChI=1S/C16H11NO/c17-12-15(13-7-3-1-4-8-13)11-16(18)14-9-5-2-6-10-14/h1-11H/b15-11+. The van der Waals surface area contributed by atoms with Crippen LogP contribution < -0.4 is 0 Å². The van der Waals surface area contributed by atoms with Crippen molar-refractivity contribution in [3.63, 3.8) is 0 Å². The van der Waals surface area contributed by atoms with Gasteiger partial charge in [0.25, 0.3) is 0 Å². The van der Waals surface area contributed by atoms with Gasteiger partial charge in [0.1, 0.15) is 0 Å². The van der Waals surface area contributed by atoms with Crippen LogP contribution in [0.15, 0.2) is 66.7 Å². The number of allylic oxidation sites excluding steroid dienone is 2. The normalized spacial score (nSPS) is 10.7. The van der Waals surface area contributed by atoms with Gasteiger partial charge in [0, 0.05) is 11.6 Å². The van der Waals surface area contributed by atoms with E-state index in [9.17, 15) is 4.79 Å². The van der Waals surface area contributed by atoms with E-state index < -0.39 is 0 Å². The quantitative estimate of drug-likeness (QED) is 0.462. The van der Waals surface area contributed by atoms with Gasteiger partial charge in [-0.2, -0.15) is 5.26 Å². The van der Waals surface area contributed by atoms with E-state index in [4.69, 9.17) is 5.26 Å². The van der Waals surface area contributed by atoms with Gasteiger partial charge in [0.15, 0.2) is 5.78 Å². The van der Waals surface area contributed by atoms with Crippen molar-refractivity contribution in [3.05, 3.63) is 77.9 Å². The molecule has 0 radical (unpaired) electrons. The van der Waals surface area contributed by atoms with Crippen LogP contribution >= 0.6 is 0 Å². The summed E-state index contributed by atoms with van der Waals surface area (Å²) in [6, 6.07) is 20.2. The van der Waals surface area contributed by atoms with E-state index >= 15 is 0 Å². The molecule has 0 aliphatic carbocycles. The fraction of sp³-hybridized carbons (Fsp3) is 0. The molecule has 0 saturated heterocycles. The van der Waals surface area contributed by atoms with Gasteiger partial charge in [-0.1, -0.05) is 60.7 Å². The number of carbonyl (C=O) groups excluding carboxylic acids is 1. The number of ketones is 1. The highest BCUT2D eigenvalue weighted by Crippen LogP contribution is 2.14. The fourth-order valence-electron chi connectivity index (χ4n) is 1.61. The first-order valence-electron chi connectivity index (χ1n) is 5.58. The summed E-state index contributed by atoms with van der Waals surface area (Å²) in [6.45, 7) is 0. The molecule has 2 aromatic rings. The Labute approximate surface area is 106 Å². The van der Waals surface area contributed by atoms with Crippen molar-refractivity contribution in [1.29, 1.82) is 5.26 Å². The first kappa shape index (κ1) is 11.8. The van der Waals surface area contributed by atoms with E-state index in [1.54, 1.807) is 24.3 Å². The molecule has 2 nitrogen and oxygen atoms in total. The summed E-state index contributed by atoms with van der Waals surface area (Å²) in [5.41, 5.74) is 1.72. The van der Waals surface area contributed by atoms with Crippen LogP contribution in [0.4, 0.5) is 0 Å². The molecule has 0 atom stereocenters. The van der Waals surface area contributed by atoms with Crippen molar-refractivity contribution >= 4 is 11.4 Å². The molecule has 0 bridgehead atoms. The lowest BCUT2D eigenvalue weighted by atomic mass is 10.0. The molecule has 0 saturated carbocycles. The van der Waals surface area contributed by atoms with Crippen molar-refractivity contribution < 1.29 is 4.79 Å². The molecular weight excluding hydrogens is 222 g/mol. The van der Waals surface area contributed by atoms with E-state index in [0.29, 0.717) is 11.1 Å². The second-order valence-electron chi connectivity index (χ2n) is 3.77. The summed E-state index contributed by atoms with van der Waals surface area (Å²) in [5.74, 6) is -0.156. The third kappa shape index (κ3) is 2.72. The molecule has 2 heteroatoms. The van der Waals surface area contributed by atoms with Crippen LogP contribution in [0, 0.1) is 11.3 Å². The average molecular weight is 233 g/mol. The number of rotatable bonds is 3. The first-order chi connectivity index (χ1) is 8.81. The third-order valence-corrected chi connectivity index (χ3v) is 2.54. The van der Waals surface area contributed by atoms with Gasteiger partial charge in [-0.05, 0) is 5.56 Å². The Balaban J connectivity index is 2.33. The maximum Gasteiger partial charge on any atom is 0.187 e. The summed E-state index contributed by atoms with van der Waals surface area (Å²) in [7, 11) is 0. The summed E-state index contributed by atoms with van der Waals surface area (Å²) >= 11 is 0. The third-order valence-electron chi connectivity index (χ3n) is 2.54. The Morgan fingerprint density at radius 3 is 1.89 bits per heavy atom. The van der Waals surface area contributed by atoms with Crippen molar-refractivity contribution in [2.75, 3.05) is 0 Å². The smallest absolute Gasteiger partial charge is 0.187 e. The summed E-state index contributed by atoms with van der Waals surface area (Å²) < 4.78 is 0. The largest absolute Gasteiger partial charge is 0.289 e. The highest BCUT2D eigenvalue weighted by molar-refractivity contribution is 6.10. The van der Waals surface area contributed by atoms with Gasteiger partial charge < -0.3 is 0 Å². The Hall–Kier alpha value is -2.66. The molecule has 0 aliphatic rings. The van der Waals surface area contributed by atoms with Gasteiger partial charge in [0.2, 0.25) is 0 Å². The highest BCUT2D eigenvalue weighted by Gasteiger charge is 2.05. The molecule has 2 aromatic carbocycles. The predicted molar refractivity (Wildman–Crippen MR) is 70.8 cm³/mol. The molecule has 0 heterocycles. The van der Waals surface area contributed by atoms with Crippen molar-refractivity contribution in [1.82, 2.24) is 0 Å². The van der Waals surface area contributed by atoms with Crippen LogP contribution in [0.3, 0.4) is 0 Å². The van der Waals surface area contributed by atoms with Gasteiger partial charge in [-0.3, -0.25) is 4.79 Å². The van der Waals surface area contributed by atoms with Crippen LogP contribution in [0.5, 0.6) is 0 Å². The van der Waals surface area contributed by atoms with Crippen LogP contribution in [0.1, 0.15) is 15.9 Å². The molecule has 86 valence electrons. The van der Waals surface area contributed by atoms with Crippen LogP contribution in [0.2, 0.25) is 0 Å². The van der Waals surface area contributed by atoms with Crippen molar-refractivity contribution in [3.8, 4) is 6.07 Å². The number of carbonyl (C=O) groups is 1. The summed E-state index contributed by atoms with van der Waals surface area (Å²) in [4.78, 5) is 12.0. The van der Waals surface area contributed by atoms with E-state index in [-0.39, 0.29) is 5.78 Å². The molecule has 0 N–H and O–H groups in total. The SMILES string of the molecule is N#C/C(=C\C(=O)c1ccccc1)c1ccccc1. The predicted octanol–water partition coefficient (Wildman–Crippen LogP) is 3.48. The van der Waals surface area contributed by atoms with E-state index in [2.05, 4.69) is 6.07 Å². The second-order valence-corrected chi connectivity index (χ2v) is 3.77. The minimum Gasteiger partial charge on any atom is -0.289 e. The molecule has 0 fully saturated rings. The number of benzene rings is 2. The molecule has 0 aromatic heterocycles. The zero-order valence-electron chi connectivity index (χ0n) is 9.71. The molecule has 0 amide bonds. The minimum absolute atomic E-state index is 0.156. The fourth-order valence-corrected chi connectivity index (χ4v) is 1.61. The lowest BCUT2D eigenvalue weighted by Crippen LogP contribution is -1.95. The molecule has 2 rings (SSSR count). The van der Waals surface area contributed by atoms with Crippen molar-refractivity contribution in [2.24, 2.45) is 0 Å². The Morgan fingerprint density at radius 2 is 1.39 bits per heavy atom. The zero-order valence-corrected chi connectivity index (χ0v) is 9.71. The summed E-state index contributed by atoms with van der Waals surface area (Å²) in [5, 5.41) is 9.10. The molecule has 0 aliphatic heterocycles. The van der Waals surface area contributed by atoms with Gasteiger partial charge >= 0.3 is 0 Å². The lowest BCUT2D eigenvalue weighted by Gasteiger charge is -1.99. The number of hydrogen-bond donors (Lipinski definition) is 0. The van der Waals surface area contributed by atoms with Gasteiger partial charge in [-0.15, -0.1) is 0 Å². The first-order valence-corrected chi connectivity index (χ1v) is 5.58. The number of nitriles is 1. The Morgan fingerprint density at radius 1 is 0.889 bits per heavy atom. The topological polar surface area (TPSA) is 40.9 Å². The van der Waals surface area contributed by atoms with Crippen LogP contribution in [0.25, 0.3) is 5.57 Å². The second kappa shape index (κ2) is 5.60. The highest BCUT2D eigenvalue weighted by atomic mass is 16.1. The number of nitrogens with zero attached hydrogens (tertiary/aromatic N) is 1. The van der Waals surface area contributed by atoms with Crippen molar-refractivity contribution in [2.45, 2.75) is 0 Å². The van der Waals surface area contributed by atoms with Gasteiger partial charge in [-0.25, -0.2) is 0 Å². The minimum atomic E-state index is -0.156. The maximum atomic E-state index is 12.0. The maximum absolute atomic E-state index is 12.0. The Bertz CT molecular complexity index is 607. The van der Waals surface area contributed by atoms with E-state index in [1.165, 1.54) is 6.08 Å². The van der Waals surface area contributed by atoms with Gasteiger partial charge in [0.05, 0.1) is 11.6 Å². The lowest BCUT2D eigenvalue weighted by molar-refractivity contribution is 0.104. The van der Waals surface area contributed by atoms with E-state index in [1.807, 2.05) is 36.4 Å². The summed E-state index contributed by atoms with van der Waals surface area (Å²) in [6.07, 6.45) is 1.38. The van der Waals surface area contributed by atoms with E-state index in [0.717, 1.165) is 5.56 Å². The molecule has 0 spiro atoms. The molecular formula is C16H11NO. The van der Waals surface area contributed by atoms with Crippen LogP contribution in [-0.2, 0) is 0 Å². The monoisotopic (exact) mass is 233 g/mol. The Kier molecular flexibility index (Phi) is 3.68. The van der Waals surface area contributed by atoms with Crippen LogP contribution in [-0.4, -0.2) is 5.78 Å². The average Bonchev–Trinajstić information content (AvgIpc) is 2.46.